The average Bonchev–Trinajstić information content (AvgIpc) is 1.87. The van der Waals surface area contributed by atoms with Crippen LogP contribution >= 0.6 is 11.6 Å². The van der Waals surface area contributed by atoms with Gasteiger partial charge in [0.2, 0.25) is 0 Å². The number of rotatable bonds is 5. The van der Waals surface area contributed by atoms with Crippen LogP contribution in [0.5, 0.6) is 0 Å². The first-order chi connectivity index (χ1) is 4.98. The van der Waals surface area contributed by atoms with Crippen molar-refractivity contribution >= 4 is 11.6 Å². The molecule has 0 aliphatic carbocycles. The predicted octanol–water partition coefficient (Wildman–Crippen LogP) is 4.22. The number of alkyl halides is 1. The second-order valence-electron chi connectivity index (χ2n) is 4.05. The Kier molecular flexibility index (Phi) is 5.16. The molecule has 0 nitrogen and oxygen atoms in total. The summed E-state index contributed by atoms with van der Waals surface area (Å²) in [5, 5.41) is 0. The Bertz CT molecular complexity index is 95.0. The summed E-state index contributed by atoms with van der Waals surface area (Å²) in [5.41, 5.74) is 0. The van der Waals surface area contributed by atoms with Crippen LogP contribution in [-0.4, -0.2) is 4.87 Å². The second kappa shape index (κ2) is 5.03. The predicted molar refractivity (Wildman–Crippen MR) is 53.2 cm³/mol. The third-order valence-electron chi connectivity index (χ3n) is 2.22. The Balaban J connectivity index is 3.38. The van der Waals surface area contributed by atoms with Crippen molar-refractivity contribution < 1.29 is 0 Å². The molecule has 0 aliphatic rings. The first-order valence-corrected chi connectivity index (χ1v) is 5.04. The van der Waals surface area contributed by atoms with Crippen molar-refractivity contribution in [2.24, 2.45) is 5.92 Å². The first-order valence-electron chi connectivity index (χ1n) is 4.67. The molecule has 0 saturated heterocycles. The molecule has 0 spiro atoms. The van der Waals surface area contributed by atoms with Crippen LogP contribution in [0.2, 0.25) is 0 Å². The fourth-order valence-corrected chi connectivity index (χ4v) is 1.19. The van der Waals surface area contributed by atoms with Gasteiger partial charge in [0.05, 0.1) is 0 Å². The Morgan fingerprint density at radius 2 is 1.91 bits per heavy atom. The maximum Gasteiger partial charge on any atom is 0.0416 e. The SMILES string of the molecule is CC[C@](C)(Cl)CCCC(C)C. The first kappa shape index (κ1) is 11.3. The Morgan fingerprint density at radius 3 is 2.27 bits per heavy atom. The van der Waals surface area contributed by atoms with E-state index in [1.807, 2.05) is 0 Å². The van der Waals surface area contributed by atoms with Gasteiger partial charge in [-0.15, -0.1) is 11.6 Å². The van der Waals surface area contributed by atoms with Gasteiger partial charge in [0.25, 0.3) is 0 Å². The third kappa shape index (κ3) is 6.68. The summed E-state index contributed by atoms with van der Waals surface area (Å²) in [6.07, 6.45) is 4.81. The molecule has 0 N–H and O–H groups in total. The number of hydrogen-bond donors (Lipinski definition) is 0. The zero-order valence-electron chi connectivity index (χ0n) is 8.28. The van der Waals surface area contributed by atoms with Gasteiger partial charge in [0, 0.05) is 4.87 Å². The summed E-state index contributed by atoms with van der Waals surface area (Å²) >= 11 is 6.20. The van der Waals surface area contributed by atoms with Crippen LogP contribution in [0.3, 0.4) is 0 Å². The molecule has 1 heteroatoms. The lowest BCUT2D eigenvalue weighted by Gasteiger charge is -2.19. The van der Waals surface area contributed by atoms with Crippen LogP contribution in [-0.2, 0) is 0 Å². The monoisotopic (exact) mass is 176 g/mol. The van der Waals surface area contributed by atoms with Crippen LogP contribution in [0.4, 0.5) is 0 Å². The lowest BCUT2D eigenvalue weighted by atomic mass is 9.97. The van der Waals surface area contributed by atoms with Gasteiger partial charge in [0.15, 0.2) is 0 Å². The summed E-state index contributed by atoms with van der Waals surface area (Å²) in [4.78, 5) is 0.0505. The molecule has 11 heavy (non-hydrogen) atoms. The summed E-state index contributed by atoms with van der Waals surface area (Å²) in [6, 6.07) is 0. The Morgan fingerprint density at radius 1 is 1.36 bits per heavy atom. The molecule has 0 aromatic heterocycles. The molecule has 0 radical (unpaired) electrons. The van der Waals surface area contributed by atoms with E-state index in [-0.39, 0.29) is 4.87 Å². The molecule has 0 fully saturated rings. The maximum absolute atomic E-state index is 6.20. The molecule has 0 rings (SSSR count). The van der Waals surface area contributed by atoms with E-state index in [0.717, 1.165) is 18.8 Å². The molecule has 0 amide bonds. The molecule has 0 heterocycles. The zero-order chi connectivity index (χ0) is 8.91. The molecule has 0 aliphatic heterocycles. The third-order valence-corrected chi connectivity index (χ3v) is 2.67. The highest BCUT2D eigenvalue weighted by molar-refractivity contribution is 6.23. The van der Waals surface area contributed by atoms with Crippen molar-refractivity contribution in [3.8, 4) is 0 Å². The van der Waals surface area contributed by atoms with Crippen molar-refractivity contribution in [2.45, 2.75) is 58.3 Å². The molecular formula is C10H21Cl. The molecule has 0 bridgehead atoms. The molecular weight excluding hydrogens is 156 g/mol. The molecule has 0 aromatic rings. The fraction of sp³-hybridized carbons (Fsp3) is 1.00. The minimum Gasteiger partial charge on any atom is -0.120 e. The van der Waals surface area contributed by atoms with E-state index in [9.17, 15) is 0 Å². The molecule has 68 valence electrons. The summed E-state index contributed by atoms with van der Waals surface area (Å²) in [6.45, 7) is 8.81. The fourth-order valence-electron chi connectivity index (χ4n) is 1.06. The van der Waals surface area contributed by atoms with Crippen LogP contribution in [0, 0.1) is 5.92 Å². The van der Waals surface area contributed by atoms with Gasteiger partial charge < -0.3 is 0 Å². The molecule has 0 aromatic carbocycles. The van der Waals surface area contributed by atoms with E-state index in [2.05, 4.69) is 27.7 Å². The Labute approximate surface area is 76.3 Å². The smallest absolute Gasteiger partial charge is 0.0416 e. The summed E-state index contributed by atoms with van der Waals surface area (Å²) in [7, 11) is 0. The topological polar surface area (TPSA) is 0 Å². The lowest BCUT2D eigenvalue weighted by molar-refractivity contribution is 0.472. The minimum absolute atomic E-state index is 0.0505. The quantitative estimate of drug-likeness (QED) is 0.551. The van der Waals surface area contributed by atoms with E-state index >= 15 is 0 Å². The van der Waals surface area contributed by atoms with Gasteiger partial charge in [0.1, 0.15) is 0 Å². The van der Waals surface area contributed by atoms with E-state index in [0.29, 0.717) is 0 Å². The molecule has 0 saturated carbocycles. The van der Waals surface area contributed by atoms with Gasteiger partial charge in [-0.2, -0.15) is 0 Å². The highest BCUT2D eigenvalue weighted by atomic mass is 35.5. The van der Waals surface area contributed by atoms with Gasteiger partial charge in [-0.1, -0.05) is 33.6 Å². The van der Waals surface area contributed by atoms with Gasteiger partial charge in [-0.3, -0.25) is 0 Å². The zero-order valence-corrected chi connectivity index (χ0v) is 9.04. The van der Waals surface area contributed by atoms with E-state index in [4.69, 9.17) is 11.6 Å². The van der Waals surface area contributed by atoms with Crippen molar-refractivity contribution in [2.75, 3.05) is 0 Å². The summed E-state index contributed by atoms with van der Waals surface area (Å²) < 4.78 is 0. The number of halogens is 1. The van der Waals surface area contributed by atoms with Crippen LogP contribution in [0.1, 0.15) is 53.4 Å². The van der Waals surface area contributed by atoms with Gasteiger partial charge >= 0.3 is 0 Å². The van der Waals surface area contributed by atoms with Crippen LogP contribution in [0.15, 0.2) is 0 Å². The molecule has 0 unspecified atom stereocenters. The maximum atomic E-state index is 6.20. The summed E-state index contributed by atoms with van der Waals surface area (Å²) in [5.74, 6) is 0.819. The largest absolute Gasteiger partial charge is 0.120 e. The average molecular weight is 177 g/mol. The van der Waals surface area contributed by atoms with Crippen molar-refractivity contribution in [1.82, 2.24) is 0 Å². The lowest BCUT2D eigenvalue weighted by Crippen LogP contribution is -2.14. The van der Waals surface area contributed by atoms with Crippen LogP contribution in [0.25, 0.3) is 0 Å². The highest BCUT2D eigenvalue weighted by Crippen LogP contribution is 2.26. The second-order valence-corrected chi connectivity index (χ2v) is 4.97. The van der Waals surface area contributed by atoms with Gasteiger partial charge in [-0.05, 0) is 25.7 Å². The number of hydrogen-bond acceptors (Lipinski definition) is 0. The van der Waals surface area contributed by atoms with E-state index in [1.54, 1.807) is 0 Å². The Hall–Kier alpha value is 0.290. The van der Waals surface area contributed by atoms with Crippen molar-refractivity contribution in [3.05, 3.63) is 0 Å². The van der Waals surface area contributed by atoms with Crippen LogP contribution < -0.4 is 0 Å². The normalized spacial score (nSPS) is 16.9. The van der Waals surface area contributed by atoms with Crippen molar-refractivity contribution in [3.63, 3.8) is 0 Å². The van der Waals surface area contributed by atoms with E-state index < -0.39 is 0 Å². The van der Waals surface area contributed by atoms with Crippen molar-refractivity contribution in [1.29, 1.82) is 0 Å². The van der Waals surface area contributed by atoms with E-state index in [1.165, 1.54) is 12.8 Å². The van der Waals surface area contributed by atoms with Gasteiger partial charge in [-0.25, -0.2) is 0 Å². The highest BCUT2D eigenvalue weighted by Gasteiger charge is 2.16. The molecule has 1 atom stereocenters. The standard InChI is InChI=1S/C10H21Cl/c1-5-10(4,11)8-6-7-9(2)3/h9H,5-8H2,1-4H3/t10-/m0/s1. The minimum atomic E-state index is 0.0505.